The fourth-order valence-corrected chi connectivity index (χ4v) is 3.09. The van der Waals surface area contributed by atoms with Gasteiger partial charge in [-0.05, 0) is 38.5 Å². The minimum absolute atomic E-state index is 0.122. The molecule has 0 amide bonds. The van der Waals surface area contributed by atoms with Gasteiger partial charge in [-0.15, -0.1) is 0 Å². The van der Waals surface area contributed by atoms with E-state index >= 15 is 0 Å². The van der Waals surface area contributed by atoms with Crippen molar-refractivity contribution in [2.24, 2.45) is 5.73 Å². The molecule has 0 heterocycles. The van der Waals surface area contributed by atoms with Crippen molar-refractivity contribution in [3.05, 3.63) is 23.8 Å². The van der Waals surface area contributed by atoms with E-state index < -0.39 is 15.6 Å². The zero-order valence-corrected chi connectivity index (χ0v) is 12.0. The average Bonchev–Trinajstić information content (AvgIpc) is 2.24. The van der Waals surface area contributed by atoms with Crippen LogP contribution in [0.5, 0.6) is 5.75 Å². The van der Waals surface area contributed by atoms with E-state index in [1.807, 2.05) is 0 Å². The molecule has 18 heavy (non-hydrogen) atoms. The Bertz CT molecular complexity index is 519. The number of rotatable bonds is 4. The highest BCUT2D eigenvalue weighted by Crippen LogP contribution is 2.25. The largest absolute Gasteiger partial charge is 0.495 e. The smallest absolute Gasteiger partial charge is 0.244 e. The Kier molecular flexibility index (Phi) is 4.37. The van der Waals surface area contributed by atoms with Crippen LogP contribution in [0.15, 0.2) is 23.1 Å². The van der Waals surface area contributed by atoms with Gasteiger partial charge in [0.2, 0.25) is 10.0 Å². The summed E-state index contributed by atoms with van der Waals surface area (Å²) in [5.41, 5.74) is 5.79. The Balaban J connectivity index is 3.24. The topological polar surface area (TPSA) is 81.4 Å². The third-order valence-corrected chi connectivity index (χ3v) is 3.99. The summed E-state index contributed by atoms with van der Waals surface area (Å²) in [5.74, 6) is 0.301. The maximum atomic E-state index is 12.2. The van der Waals surface area contributed by atoms with Gasteiger partial charge in [0, 0.05) is 12.1 Å². The second kappa shape index (κ2) is 5.26. The second-order valence-corrected chi connectivity index (χ2v) is 6.70. The van der Waals surface area contributed by atoms with Gasteiger partial charge in [-0.3, -0.25) is 0 Å². The molecule has 1 aromatic carbocycles. The molecule has 0 aliphatic heterocycles. The van der Waals surface area contributed by atoms with Gasteiger partial charge in [0.05, 0.1) is 7.11 Å². The monoisotopic (exact) mass is 272 g/mol. The first-order valence-electron chi connectivity index (χ1n) is 5.60. The lowest BCUT2D eigenvalue weighted by atomic mass is 10.1. The molecule has 0 radical (unpaired) electrons. The molecule has 0 bridgehead atoms. The minimum atomic E-state index is -3.60. The number of hydrogen-bond acceptors (Lipinski definition) is 4. The minimum Gasteiger partial charge on any atom is -0.495 e. The van der Waals surface area contributed by atoms with Crippen molar-refractivity contribution >= 4 is 10.0 Å². The highest BCUT2D eigenvalue weighted by Gasteiger charge is 2.25. The first-order valence-corrected chi connectivity index (χ1v) is 7.09. The van der Waals surface area contributed by atoms with Crippen LogP contribution in [0.2, 0.25) is 0 Å². The van der Waals surface area contributed by atoms with Crippen LogP contribution in [-0.2, 0) is 16.6 Å². The molecule has 0 unspecified atom stereocenters. The molecule has 0 spiro atoms. The Labute approximate surface area is 108 Å². The number of nitrogens with two attached hydrogens (primary N) is 1. The van der Waals surface area contributed by atoms with Crippen molar-refractivity contribution in [1.82, 2.24) is 4.72 Å². The van der Waals surface area contributed by atoms with Crippen molar-refractivity contribution in [2.75, 3.05) is 7.11 Å². The normalized spacial score (nSPS) is 12.5. The standard InChI is InChI=1S/C12H20N2O3S/c1-12(2,3)14-18(15,16)11-6-5-9(8-13)7-10(11)17-4/h5-7,14H,8,13H2,1-4H3. The zero-order chi connectivity index (χ0) is 14.0. The lowest BCUT2D eigenvalue weighted by Gasteiger charge is -2.21. The van der Waals surface area contributed by atoms with Gasteiger partial charge < -0.3 is 10.5 Å². The van der Waals surface area contributed by atoms with E-state index in [-0.39, 0.29) is 4.90 Å². The van der Waals surface area contributed by atoms with Crippen LogP contribution in [0.3, 0.4) is 0 Å². The van der Waals surface area contributed by atoms with Gasteiger partial charge >= 0.3 is 0 Å². The average molecular weight is 272 g/mol. The summed E-state index contributed by atoms with van der Waals surface area (Å²) in [5, 5.41) is 0. The van der Waals surface area contributed by atoms with Crippen LogP contribution >= 0.6 is 0 Å². The van der Waals surface area contributed by atoms with E-state index in [9.17, 15) is 8.42 Å². The SMILES string of the molecule is COc1cc(CN)ccc1S(=O)(=O)NC(C)(C)C. The molecule has 0 fully saturated rings. The fourth-order valence-electron chi connectivity index (χ4n) is 1.52. The summed E-state index contributed by atoms with van der Waals surface area (Å²) in [6.45, 7) is 5.69. The van der Waals surface area contributed by atoms with Crippen molar-refractivity contribution in [3.8, 4) is 5.75 Å². The predicted molar refractivity (Wildman–Crippen MR) is 71.0 cm³/mol. The van der Waals surface area contributed by atoms with E-state index in [4.69, 9.17) is 10.5 Å². The van der Waals surface area contributed by atoms with Gasteiger partial charge in [0.25, 0.3) is 0 Å². The van der Waals surface area contributed by atoms with Crippen LogP contribution in [0.4, 0.5) is 0 Å². The van der Waals surface area contributed by atoms with E-state index in [1.165, 1.54) is 13.2 Å². The van der Waals surface area contributed by atoms with Crippen molar-refractivity contribution in [3.63, 3.8) is 0 Å². The lowest BCUT2D eigenvalue weighted by molar-refractivity contribution is 0.400. The van der Waals surface area contributed by atoms with Gasteiger partial charge in [0.1, 0.15) is 10.6 Å². The Morgan fingerprint density at radius 2 is 1.94 bits per heavy atom. The fraction of sp³-hybridized carbons (Fsp3) is 0.500. The van der Waals surface area contributed by atoms with Gasteiger partial charge in [-0.2, -0.15) is 0 Å². The van der Waals surface area contributed by atoms with Crippen molar-refractivity contribution in [1.29, 1.82) is 0 Å². The molecule has 0 aliphatic carbocycles. The van der Waals surface area contributed by atoms with E-state index in [2.05, 4.69) is 4.72 Å². The van der Waals surface area contributed by atoms with Crippen molar-refractivity contribution in [2.45, 2.75) is 37.8 Å². The van der Waals surface area contributed by atoms with E-state index in [0.717, 1.165) is 5.56 Å². The van der Waals surface area contributed by atoms with Crippen LogP contribution < -0.4 is 15.2 Å². The summed E-state index contributed by atoms with van der Waals surface area (Å²) >= 11 is 0. The number of nitrogens with one attached hydrogen (secondary N) is 1. The number of methoxy groups -OCH3 is 1. The maximum Gasteiger partial charge on any atom is 0.244 e. The third-order valence-electron chi connectivity index (χ3n) is 2.19. The number of ether oxygens (including phenoxy) is 1. The van der Waals surface area contributed by atoms with E-state index in [1.54, 1.807) is 32.9 Å². The quantitative estimate of drug-likeness (QED) is 0.863. The highest BCUT2D eigenvalue weighted by molar-refractivity contribution is 7.89. The first kappa shape index (κ1) is 14.9. The molecule has 0 aliphatic rings. The van der Waals surface area contributed by atoms with Gasteiger partial charge in [-0.1, -0.05) is 6.07 Å². The molecular weight excluding hydrogens is 252 g/mol. The summed E-state index contributed by atoms with van der Waals surface area (Å²) in [6.07, 6.45) is 0. The van der Waals surface area contributed by atoms with Crippen LogP contribution in [0, 0.1) is 0 Å². The first-order chi connectivity index (χ1) is 8.19. The molecule has 6 heteroatoms. The second-order valence-electron chi connectivity index (χ2n) is 5.04. The van der Waals surface area contributed by atoms with E-state index in [0.29, 0.717) is 12.3 Å². The zero-order valence-electron chi connectivity index (χ0n) is 11.1. The lowest BCUT2D eigenvalue weighted by Crippen LogP contribution is -2.40. The molecule has 0 aromatic heterocycles. The molecule has 102 valence electrons. The summed E-state index contributed by atoms with van der Waals surface area (Å²) in [7, 11) is -2.17. The summed E-state index contributed by atoms with van der Waals surface area (Å²) < 4.78 is 32.1. The molecule has 0 atom stereocenters. The third kappa shape index (κ3) is 3.69. The number of benzene rings is 1. The van der Waals surface area contributed by atoms with Gasteiger partial charge in [-0.25, -0.2) is 13.1 Å². The molecule has 0 saturated heterocycles. The molecular formula is C12H20N2O3S. The number of hydrogen-bond donors (Lipinski definition) is 2. The highest BCUT2D eigenvalue weighted by atomic mass is 32.2. The predicted octanol–water partition coefficient (Wildman–Crippen LogP) is 1.23. The molecule has 1 rings (SSSR count). The van der Waals surface area contributed by atoms with Crippen LogP contribution in [0.25, 0.3) is 0 Å². The van der Waals surface area contributed by atoms with Crippen molar-refractivity contribution < 1.29 is 13.2 Å². The maximum absolute atomic E-state index is 12.2. The Morgan fingerprint density at radius 1 is 1.33 bits per heavy atom. The van der Waals surface area contributed by atoms with Crippen LogP contribution in [-0.4, -0.2) is 21.1 Å². The summed E-state index contributed by atoms with van der Waals surface area (Å²) in [4.78, 5) is 0.122. The molecule has 5 nitrogen and oxygen atoms in total. The Hall–Kier alpha value is -1.11. The Morgan fingerprint density at radius 3 is 2.39 bits per heavy atom. The molecule has 0 saturated carbocycles. The van der Waals surface area contributed by atoms with Gasteiger partial charge in [0.15, 0.2) is 0 Å². The molecule has 3 N–H and O–H groups in total. The molecule has 1 aromatic rings. The number of sulfonamides is 1. The van der Waals surface area contributed by atoms with Crippen LogP contribution in [0.1, 0.15) is 26.3 Å². The summed E-state index contributed by atoms with van der Waals surface area (Å²) in [6, 6.07) is 4.83.